The summed E-state index contributed by atoms with van der Waals surface area (Å²) < 4.78 is 5.45. The van der Waals surface area contributed by atoms with Gasteiger partial charge in [0.15, 0.2) is 0 Å². The average Bonchev–Trinajstić information content (AvgIpc) is 3.02. The number of rotatable bonds is 6. The third kappa shape index (κ3) is 6.86. The van der Waals surface area contributed by atoms with Crippen molar-refractivity contribution in [3.8, 4) is 0 Å². The second kappa shape index (κ2) is 9.16. The fourth-order valence-electron chi connectivity index (χ4n) is 2.41. The Bertz CT molecular complexity index is 786. The Balaban J connectivity index is 2.02. The van der Waals surface area contributed by atoms with Crippen LogP contribution in [-0.4, -0.2) is 62.5 Å². The summed E-state index contributed by atoms with van der Waals surface area (Å²) in [5.74, 6) is 0.0973. The zero-order chi connectivity index (χ0) is 20.7. The number of hydrogen-bond donors (Lipinski definition) is 2. The molecule has 1 heterocycles. The van der Waals surface area contributed by atoms with Crippen LogP contribution in [-0.2, 0) is 18.2 Å². The Hall–Kier alpha value is -3.17. The van der Waals surface area contributed by atoms with E-state index in [2.05, 4.69) is 26.0 Å². The minimum absolute atomic E-state index is 0.0973. The molecule has 1 unspecified atom stereocenters. The number of urea groups is 1. The van der Waals surface area contributed by atoms with Crippen molar-refractivity contribution in [1.29, 1.82) is 0 Å². The molecule has 0 fully saturated rings. The first-order valence-electron chi connectivity index (χ1n) is 8.92. The van der Waals surface area contributed by atoms with Gasteiger partial charge in [0.2, 0.25) is 0 Å². The summed E-state index contributed by atoms with van der Waals surface area (Å²) in [4.78, 5) is 27.3. The Labute approximate surface area is 164 Å². The molecule has 152 valence electrons. The van der Waals surface area contributed by atoms with Crippen LogP contribution in [0, 0.1) is 0 Å². The number of carbonyl (C=O) groups excluding carboxylic acids is 2. The van der Waals surface area contributed by atoms with Crippen molar-refractivity contribution in [3.05, 3.63) is 35.9 Å². The number of benzene rings is 1. The molecule has 1 aromatic carbocycles. The number of ether oxygens (including phenoxy) is 1. The van der Waals surface area contributed by atoms with E-state index in [0.29, 0.717) is 6.42 Å². The van der Waals surface area contributed by atoms with Crippen LogP contribution in [0.1, 0.15) is 26.3 Å². The maximum absolute atomic E-state index is 12.5. The second-order valence-corrected chi connectivity index (χ2v) is 7.37. The van der Waals surface area contributed by atoms with Gasteiger partial charge in [-0.1, -0.05) is 35.4 Å². The predicted molar refractivity (Wildman–Crippen MR) is 104 cm³/mol. The van der Waals surface area contributed by atoms with E-state index in [9.17, 15) is 9.59 Å². The SMILES string of the molecule is CN(C(=O)OC(C)(C)C)C(CNC(=O)Nc1nnn(C)n1)Cc1ccccc1. The maximum Gasteiger partial charge on any atom is 0.410 e. The molecule has 10 nitrogen and oxygen atoms in total. The van der Waals surface area contributed by atoms with Crippen molar-refractivity contribution in [2.75, 3.05) is 18.9 Å². The normalized spacial score (nSPS) is 12.2. The van der Waals surface area contributed by atoms with Gasteiger partial charge in [-0.05, 0) is 38.0 Å². The molecule has 0 radical (unpaired) electrons. The first-order valence-corrected chi connectivity index (χ1v) is 8.92. The standard InChI is InChI=1S/C18H27N7O3/c1-18(2,3)28-17(27)24(4)14(11-13-9-7-6-8-10-13)12-19-16(26)20-15-21-23-25(5)22-15/h6-10,14H,11-12H2,1-5H3,(H2,19,20,22,26). The number of amides is 3. The van der Waals surface area contributed by atoms with Gasteiger partial charge < -0.3 is 15.0 Å². The zero-order valence-electron chi connectivity index (χ0n) is 16.8. The minimum Gasteiger partial charge on any atom is -0.444 e. The molecule has 0 spiro atoms. The van der Waals surface area contributed by atoms with E-state index in [4.69, 9.17) is 4.74 Å². The molecule has 0 aliphatic heterocycles. The predicted octanol–water partition coefficient (Wildman–Crippen LogP) is 1.81. The van der Waals surface area contributed by atoms with Crippen LogP contribution >= 0.6 is 0 Å². The first kappa shape index (κ1) is 21.1. The van der Waals surface area contributed by atoms with Crippen molar-refractivity contribution in [1.82, 2.24) is 30.4 Å². The Kier molecular flexibility index (Phi) is 6.91. The van der Waals surface area contributed by atoms with Crippen molar-refractivity contribution in [3.63, 3.8) is 0 Å². The summed E-state index contributed by atoms with van der Waals surface area (Å²) in [6.07, 6.45) is 0.103. The van der Waals surface area contributed by atoms with Crippen LogP contribution in [0.25, 0.3) is 0 Å². The van der Waals surface area contributed by atoms with Gasteiger partial charge in [-0.3, -0.25) is 5.32 Å². The van der Waals surface area contributed by atoms with Gasteiger partial charge in [0.25, 0.3) is 5.95 Å². The minimum atomic E-state index is -0.606. The van der Waals surface area contributed by atoms with Gasteiger partial charge in [0.1, 0.15) is 5.60 Å². The van der Waals surface area contributed by atoms with Gasteiger partial charge in [-0.15, -0.1) is 5.10 Å². The Morgan fingerprint density at radius 1 is 1.25 bits per heavy atom. The van der Waals surface area contributed by atoms with Gasteiger partial charge in [-0.2, -0.15) is 4.80 Å². The van der Waals surface area contributed by atoms with Crippen LogP contribution in [0.4, 0.5) is 15.5 Å². The summed E-state index contributed by atoms with van der Waals surface area (Å²) in [5, 5.41) is 16.5. The van der Waals surface area contributed by atoms with E-state index in [1.165, 1.54) is 9.70 Å². The Morgan fingerprint density at radius 3 is 2.50 bits per heavy atom. The van der Waals surface area contributed by atoms with Crippen LogP contribution in [0.15, 0.2) is 30.3 Å². The first-order chi connectivity index (χ1) is 13.1. The summed E-state index contributed by atoms with van der Waals surface area (Å²) in [6, 6.07) is 8.94. The number of likely N-dealkylation sites (N-methyl/N-ethyl adjacent to an activating group) is 1. The molecule has 0 bridgehead atoms. The topological polar surface area (TPSA) is 114 Å². The van der Waals surface area contributed by atoms with Crippen molar-refractivity contribution in [2.45, 2.75) is 38.8 Å². The molecule has 2 N–H and O–H groups in total. The third-order valence-electron chi connectivity index (χ3n) is 3.78. The summed E-state index contributed by atoms with van der Waals surface area (Å²) >= 11 is 0. The number of aryl methyl sites for hydroxylation is 1. The highest BCUT2D eigenvalue weighted by molar-refractivity contribution is 5.87. The highest BCUT2D eigenvalue weighted by Gasteiger charge is 2.26. The molecule has 28 heavy (non-hydrogen) atoms. The monoisotopic (exact) mass is 389 g/mol. The molecule has 10 heteroatoms. The van der Waals surface area contributed by atoms with Crippen LogP contribution < -0.4 is 10.6 Å². The van der Waals surface area contributed by atoms with Gasteiger partial charge >= 0.3 is 12.1 Å². The molecular weight excluding hydrogens is 362 g/mol. The van der Waals surface area contributed by atoms with Crippen molar-refractivity contribution < 1.29 is 14.3 Å². The van der Waals surface area contributed by atoms with E-state index >= 15 is 0 Å². The lowest BCUT2D eigenvalue weighted by atomic mass is 10.1. The zero-order valence-corrected chi connectivity index (χ0v) is 16.8. The number of tetrazole rings is 1. The number of aromatic nitrogens is 4. The molecule has 2 aromatic rings. The average molecular weight is 389 g/mol. The molecule has 0 saturated heterocycles. The maximum atomic E-state index is 12.5. The summed E-state index contributed by atoms with van der Waals surface area (Å²) in [5.41, 5.74) is 0.436. The molecule has 1 aromatic heterocycles. The van der Waals surface area contributed by atoms with E-state index in [1.54, 1.807) is 14.1 Å². The van der Waals surface area contributed by atoms with E-state index in [-0.39, 0.29) is 18.5 Å². The van der Waals surface area contributed by atoms with Gasteiger partial charge in [-0.25, -0.2) is 9.59 Å². The number of anilines is 1. The summed E-state index contributed by atoms with van der Waals surface area (Å²) in [6.45, 7) is 5.65. The fourth-order valence-corrected chi connectivity index (χ4v) is 2.41. The lowest BCUT2D eigenvalue weighted by molar-refractivity contribution is 0.0223. The summed E-state index contributed by atoms with van der Waals surface area (Å²) in [7, 11) is 3.26. The smallest absolute Gasteiger partial charge is 0.410 e. The fraction of sp³-hybridized carbons (Fsp3) is 0.500. The highest BCUT2D eigenvalue weighted by Crippen LogP contribution is 2.13. The lowest BCUT2D eigenvalue weighted by Crippen LogP contribution is -2.48. The van der Waals surface area contributed by atoms with Crippen molar-refractivity contribution in [2.24, 2.45) is 7.05 Å². The molecule has 2 rings (SSSR count). The van der Waals surface area contributed by atoms with Crippen LogP contribution in [0.2, 0.25) is 0 Å². The van der Waals surface area contributed by atoms with E-state index < -0.39 is 17.7 Å². The highest BCUT2D eigenvalue weighted by atomic mass is 16.6. The molecule has 1 atom stereocenters. The molecule has 0 aliphatic carbocycles. The quantitative estimate of drug-likeness (QED) is 0.779. The molecular formula is C18H27N7O3. The van der Waals surface area contributed by atoms with E-state index in [1.807, 2.05) is 51.1 Å². The van der Waals surface area contributed by atoms with Crippen molar-refractivity contribution >= 4 is 18.1 Å². The van der Waals surface area contributed by atoms with Gasteiger partial charge in [0.05, 0.1) is 13.1 Å². The molecule has 0 saturated carbocycles. The lowest BCUT2D eigenvalue weighted by Gasteiger charge is -2.31. The number of carbonyl (C=O) groups is 2. The second-order valence-electron chi connectivity index (χ2n) is 7.37. The van der Waals surface area contributed by atoms with Gasteiger partial charge in [0, 0.05) is 13.6 Å². The molecule has 3 amide bonds. The number of nitrogens with one attached hydrogen (secondary N) is 2. The molecule has 0 aliphatic rings. The van der Waals surface area contributed by atoms with E-state index in [0.717, 1.165) is 5.56 Å². The third-order valence-corrected chi connectivity index (χ3v) is 3.78. The van der Waals surface area contributed by atoms with Crippen LogP contribution in [0.3, 0.4) is 0 Å². The largest absolute Gasteiger partial charge is 0.444 e. The number of hydrogen-bond acceptors (Lipinski definition) is 6. The van der Waals surface area contributed by atoms with Crippen LogP contribution in [0.5, 0.6) is 0 Å². The number of nitrogens with zero attached hydrogens (tertiary/aromatic N) is 5. The Morgan fingerprint density at radius 2 is 1.93 bits per heavy atom.